The van der Waals surface area contributed by atoms with E-state index < -0.39 is 34.7 Å². The molecular formula is C34H27F2N9O4. The number of nitrogens with zero attached hydrogens (tertiary/aromatic N) is 7. The Kier molecular flexibility index (Phi) is 9.89. The average Bonchev–Trinajstić information content (AvgIpc) is 3.08. The largest absolute Gasteiger partial charge is 0.400 e. The number of halogens is 2. The monoisotopic (exact) mass is 663 g/mol. The minimum absolute atomic E-state index is 0.0778. The number of benzene rings is 2. The first-order valence-electron chi connectivity index (χ1n) is 14.7. The topological polar surface area (TPSA) is 191 Å². The molecule has 2 atom stereocenters. The highest BCUT2D eigenvalue weighted by atomic mass is 19.1. The molecule has 15 heteroatoms. The van der Waals surface area contributed by atoms with E-state index in [4.69, 9.17) is 27.4 Å². The minimum Gasteiger partial charge on any atom is -0.400 e. The lowest BCUT2D eigenvalue weighted by Crippen LogP contribution is -2.48. The Balaban J connectivity index is 1.52. The van der Waals surface area contributed by atoms with Crippen molar-refractivity contribution in [2.75, 3.05) is 23.7 Å². The van der Waals surface area contributed by atoms with Crippen molar-refractivity contribution < 1.29 is 18.3 Å². The second kappa shape index (κ2) is 14.4. The third-order valence-corrected chi connectivity index (χ3v) is 7.87. The Morgan fingerprint density at radius 2 is 1.63 bits per heavy atom. The van der Waals surface area contributed by atoms with Crippen molar-refractivity contribution in [2.24, 2.45) is 5.73 Å². The van der Waals surface area contributed by atoms with Crippen LogP contribution >= 0.6 is 0 Å². The molecule has 4 aromatic rings. The van der Waals surface area contributed by atoms with Gasteiger partial charge in [-0.3, -0.25) is 18.7 Å². The maximum atomic E-state index is 15.9. The van der Waals surface area contributed by atoms with Gasteiger partial charge in [0, 0.05) is 32.0 Å². The molecule has 4 N–H and O–H groups in total. The fourth-order valence-electron chi connectivity index (χ4n) is 5.66. The second-order valence-corrected chi connectivity index (χ2v) is 11.0. The molecule has 3 heterocycles. The van der Waals surface area contributed by atoms with Crippen molar-refractivity contribution >= 4 is 11.9 Å². The molecular weight excluding hydrogens is 636 g/mol. The molecule has 13 nitrogen and oxygen atoms in total. The first-order chi connectivity index (χ1) is 23.6. The van der Waals surface area contributed by atoms with Gasteiger partial charge in [0.2, 0.25) is 23.4 Å². The van der Waals surface area contributed by atoms with Gasteiger partial charge in [-0.05, 0) is 53.4 Å². The number of nitriles is 2. The van der Waals surface area contributed by atoms with Crippen LogP contribution in [0.2, 0.25) is 0 Å². The van der Waals surface area contributed by atoms with Crippen LogP contribution in [0.1, 0.15) is 47.1 Å². The predicted molar refractivity (Wildman–Crippen MR) is 173 cm³/mol. The molecule has 1 aliphatic heterocycles. The highest BCUT2D eigenvalue weighted by Gasteiger charge is 2.32. The number of terminal acetylenes is 1. The van der Waals surface area contributed by atoms with E-state index >= 15 is 4.39 Å². The molecule has 0 bridgehead atoms. The van der Waals surface area contributed by atoms with Crippen molar-refractivity contribution in [2.45, 2.75) is 38.4 Å². The molecule has 2 aromatic heterocycles. The number of nitrogens with two attached hydrogens (primary N) is 2. The van der Waals surface area contributed by atoms with Crippen molar-refractivity contribution in [3.05, 3.63) is 103 Å². The molecule has 1 fully saturated rings. The van der Waals surface area contributed by atoms with Gasteiger partial charge in [0.15, 0.2) is 0 Å². The lowest BCUT2D eigenvalue weighted by atomic mass is 9.86. The molecule has 0 saturated carbocycles. The summed E-state index contributed by atoms with van der Waals surface area (Å²) in [6.07, 6.45) is 12.1. The maximum absolute atomic E-state index is 15.9. The van der Waals surface area contributed by atoms with E-state index in [2.05, 4.69) is 28.1 Å². The van der Waals surface area contributed by atoms with Gasteiger partial charge in [0.05, 0.1) is 48.7 Å². The van der Waals surface area contributed by atoms with Crippen LogP contribution < -0.4 is 37.0 Å². The summed E-state index contributed by atoms with van der Waals surface area (Å²) in [7, 11) is 0. The predicted octanol–water partition coefficient (Wildman–Crippen LogP) is 2.15. The van der Waals surface area contributed by atoms with Crippen LogP contribution in [-0.4, -0.2) is 38.2 Å². The van der Waals surface area contributed by atoms with Gasteiger partial charge in [0.1, 0.15) is 23.8 Å². The van der Waals surface area contributed by atoms with Gasteiger partial charge < -0.3 is 25.8 Å². The fraction of sp³-hybridized carbons (Fsp3) is 0.235. The second-order valence-electron chi connectivity index (χ2n) is 11.0. The quantitative estimate of drug-likeness (QED) is 0.263. The maximum Gasteiger partial charge on any atom is 0.299 e. The van der Waals surface area contributed by atoms with Crippen LogP contribution in [0.3, 0.4) is 0 Å². The summed E-state index contributed by atoms with van der Waals surface area (Å²) in [6, 6.07) is 9.60. The van der Waals surface area contributed by atoms with Crippen LogP contribution in [0.25, 0.3) is 0 Å². The third-order valence-electron chi connectivity index (χ3n) is 7.87. The van der Waals surface area contributed by atoms with E-state index in [0.29, 0.717) is 6.42 Å². The fourth-order valence-corrected chi connectivity index (χ4v) is 5.66. The zero-order valence-electron chi connectivity index (χ0n) is 26.0. The Bertz CT molecular complexity index is 2250. The molecule has 49 heavy (non-hydrogen) atoms. The van der Waals surface area contributed by atoms with Gasteiger partial charge >= 0.3 is 0 Å². The SMILES string of the molecule is C#COc1cnc(N2CC(c3cc(C#N)c(Cn4c(N)ncc(OC#CC)c4=O)cc3F)C[C@@H](N)C2)n(Cc2cc(F)ccc2C#N)c1=O. The lowest BCUT2D eigenvalue weighted by molar-refractivity contribution is 0.428. The van der Waals surface area contributed by atoms with Gasteiger partial charge in [0.25, 0.3) is 11.1 Å². The Morgan fingerprint density at radius 3 is 2.35 bits per heavy atom. The number of nitrogen functional groups attached to an aromatic ring is 1. The molecule has 0 spiro atoms. The Hall–Kier alpha value is -6.68. The van der Waals surface area contributed by atoms with E-state index in [1.165, 1.54) is 23.6 Å². The number of piperidine rings is 1. The summed E-state index contributed by atoms with van der Waals surface area (Å²) >= 11 is 0. The molecule has 2 aromatic carbocycles. The number of aromatic nitrogens is 4. The minimum atomic E-state index is -0.700. The van der Waals surface area contributed by atoms with E-state index in [1.807, 2.05) is 12.2 Å². The smallest absolute Gasteiger partial charge is 0.299 e. The summed E-state index contributed by atoms with van der Waals surface area (Å²) < 4.78 is 42.4. The average molecular weight is 664 g/mol. The zero-order valence-corrected chi connectivity index (χ0v) is 26.0. The Morgan fingerprint density at radius 1 is 0.959 bits per heavy atom. The van der Waals surface area contributed by atoms with Crippen LogP contribution in [0.5, 0.6) is 11.5 Å². The van der Waals surface area contributed by atoms with E-state index in [9.17, 15) is 24.5 Å². The number of hydrogen-bond donors (Lipinski definition) is 2. The summed E-state index contributed by atoms with van der Waals surface area (Å²) in [6.45, 7) is 1.28. The number of anilines is 2. The van der Waals surface area contributed by atoms with Crippen LogP contribution in [0.4, 0.5) is 20.7 Å². The molecule has 5 rings (SSSR count). The van der Waals surface area contributed by atoms with E-state index in [-0.39, 0.29) is 77.4 Å². The summed E-state index contributed by atoms with van der Waals surface area (Å²) in [5.41, 5.74) is 11.8. The van der Waals surface area contributed by atoms with Crippen molar-refractivity contribution in [3.63, 3.8) is 0 Å². The molecule has 0 amide bonds. The van der Waals surface area contributed by atoms with Gasteiger partial charge in [-0.2, -0.15) is 10.5 Å². The normalized spacial score (nSPS) is 15.2. The molecule has 1 saturated heterocycles. The van der Waals surface area contributed by atoms with E-state index in [0.717, 1.165) is 35.2 Å². The summed E-state index contributed by atoms with van der Waals surface area (Å²) in [4.78, 5) is 36.5. The molecule has 0 aliphatic carbocycles. The number of hydrogen-bond acceptors (Lipinski definition) is 11. The summed E-state index contributed by atoms with van der Waals surface area (Å²) in [5.74, 6) is 0.0774. The summed E-state index contributed by atoms with van der Waals surface area (Å²) in [5, 5.41) is 19.6. The van der Waals surface area contributed by atoms with E-state index in [1.54, 1.807) is 4.90 Å². The highest BCUT2D eigenvalue weighted by molar-refractivity contribution is 5.46. The van der Waals surface area contributed by atoms with Gasteiger partial charge in [-0.15, -0.1) is 0 Å². The molecule has 246 valence electrons. The first-order valence-corrected chi connectivity index (χ1v) is 14.7. The van der Waals surface area contributed by atoms with Crippen molar-refractivity contribution in [1.82, 2.24) is 19.1 Å². The van der Waals surface area contributed by atoms with Crippen LogP contribution in [-0.2, 0) is 13.1 Å². The van der Waals surface area contributed by atoms with Crippen LogP contribution in [0.15, 0.2) is 52.3 Å². The zero-order chi connectivity index (χ0) is 35.2. The highest BCUT2D eigenvalue weighted by Crippen LogP contribution is 2.32. The van der Waals surface area contributed by atoms with Crippen molar-refractivity contribution in [1.29, 1.82) is 10.5 Å². The first kappa shape index (κ1) is 33.7. The Labute approximate surface area is 278 Å². The number of ether oxygens (including phenoxy) is 2. The van der Waals surface area contributed by atoms with Crippen LogP contribution in [0, 0.1) is 58.9 Å². The van der Waals surface area contributed by atoms with Gasteiger partial charge in [-0.1, -0.05) is 12.3 Å². The van der Waals surface area contributed by atoms with Crippen molar-refractivity contribution in [3.8, 4) is 48.2 Å². The lowest BCUT2D eigenvalue weighted by Gasteiger charge is -2.38. The standard InChI is InChI=1S/C34H27F2N9O4/c1-3-7-49-30-14-41-33(40)44(31(30)46)17-23-11-28(36)27(10-21(23)13-38)24-9-26(39)19-43(16-24)34-42-15-29(48-4-2)32(47)45(34)18-22-8-25(35)6-5-20(22)12-37/h2,5-6,8,10-11,14-15,24,26H,9,16-19,39H2,1H3,(H2,40,41)/t24?,26-/m1/s1. The number of rotatable bonds is 8. The molecule has 1 aliphatic rings. The molecule has 0 radical (unpaired) electrons. The third kappa shape index (κ3) is 7.03. The van der Waals surface area contributed by atoms with Gasteiger partial charge in [-0.25, -0.2) is 18.7 Å². The molecule has 1 unspecified atom stereocenters.